The van der Waals surface area contributed by atoms with Crippen LogP contribution in [0.1, 0.15) is 34.6 Å². The van der Waals surface area contributed by atoms with E-state index in [0.29, 0.717) is 0 Å². The van der Waals surface area contributed by atoms with Crippen LogP contribution in [0.25, 0.3) is 0 Å². The van der Waals surface area contributed by atoms with Gasteiger partial charge in [0.15, 0.2) is 12.2 Å². The zero-order valence-electron chi connectivity index (χ0n) is 14.9. The molecule has 0 aliphatic heterocycles. The molecule has 0 saturated heterocycles. The van der Waals surface area contributed by atoms with Crippen molar-refractivity contribution in [3.05, 3.63) is 30.1 Å². The van der Waals surface area contributed by atoms with Gasteiger partial charge in [-0.15, -0.1) is 0 Å². The van der Waals surface area contributed by atoms with Gasteiger partial charge in [-0.3, -0.25) is 10.1 Å². The van der Waals surface area contributed by atoms with Gasteiger partial charge in [-0.05, 0) is 58.9 Å². The maximum atomic E-state index is 12.8. The van der Waals surface area contributed by atoms with Crippen LogP contribution in [0.4, 0.5) is 9.18 Å². The minimum Gasteiger partial charge on any atom is -0.479 e. The van der Waals surface area contributed by atoms with Crippen LogP contribution in [0.3, 0.4) is 0 Å². The third kappa shape index (κ3) is 7.65. The average molecular weight is 354 g/mol. The number of imide groups is 1. The van der Waals surface area contributed by atoms with Crippen molar-refractivity contribution in [3.8, 4) is 5.75 Å². The van der Waals surface area contributed by atoms with Crippen LogP contribution in [0.2, 0.25) is 0 Å². The number of benzene rings is 1. The van der Waals surface area contributed by atoms with Crippen molar-refractivity contribution in [2.45, 2.75) is 52.4 Å². The second-order valence-electron chi connectivity index (χ2n) is 6.49. The Morgan fingerprint density at radius 1 is 1.04 bits per heavy atom. The molecule has 0 aliphatic carbocycles. The van der Waals surface area contributed by atoms with Crippen LogP contribution in [0.15, 0.2) is 24.3 Å². The van der Waals surface area contributed by atoms with Gasteiger partial charge in [-0.25, -0.2) is 14.0 Å². The molecule has 0 fully saturated rings. The standard InChI is InChI=1S/C17H23FN2O5/c1-10(14(21)19-16(23)20-17(3,4)5)25-15(22)11(2)24-13-8-6-12(18)7-9-13/h6-11H,1-5H3,(H2,19,20,21,23)/t10-,11+/m1/s1. The van der Waals surface area contributed by atoms with Crippen LogP contribution in [-0.4, -0.2) is 35.7 Å². The molecular formula is C17H23FN2O5. The fourth-order valence-electron chi connectivity index (χ4n) is 1.67. The number of amides is 3. The molecule has 1 rings (SSSR count). The highest BCUT2D eigenvalue weighted by Crippen LogP contribution is 2.13. The number of rotatable bonds is 5. The lowest BCUT2D eigenvalue weighted by atomic mass is 10.1. The Balaban J connectivity index is 2.50. The van der Waals surface area contributed by atoms with Crippen LogP contribution in [0.5, 0.6) is 5.75 Å². The summed E-state index contributed by atoms with van der Waals surface area (Å²) in [7, 11) is 0. The molecule has 0 heterocycles. The summed E-state index contributed by atoms with van der Waals surface area (Å²) in [5.41, 5.74) is -0.512. The summed E-state index contributed by atoms with van der Waals surface area (Å²) in [6.45, 7) is 8.05. The summed E-state index contributed by atoms with van der Waals surface area (Å²) in [6, 6.07) is 4.43. The number of urea groups is 1. The Morgan fingerprint density at radius 2 is 1.60 bits per heavy atom. The molecule has 3 amide bonds. The average Bonchev–Trinajstić information content (AvgIpc) is 2.47. The van der Waals surface area contributed by atoms with Crippen molar-refractivity contribution >= 4 is 17.9 Å². The molecular weight excluding hydrogens is 331 g/mol. The van der Waals surface area contributed by atoms with E-state index in [1.165, 1.54) is 38.1 Å². The second kappa shape index (κ2) is 8.46. The van der Waals surface area contributed by atoms with Crippen molar-refractivity contribution in [1.29, 1.82) is 0 Å². The zero-order chi connectivity index (χ0) is 19.2. The molecule has 0 bridgehead atoms. The molecule has 1 aromatic rings. The minimum atomic E-state index is -1.18. The van der Waals surface area contributed by atoms with E-state index in [2.05, 4.69) is 10.6 Å². The van der Waals surface area contributed by atoms with E-state index < -0.39 is 41.5 Å². The first-order valence-corrected chi connectivity index (χ1v) is 7.73. The topological polar surface area (TPSA) is 93.7 Å². The molecule has 0 spiro atoms. The molecule has 2 atom stereocenters. The van der Waals surface area contributed by atoms with Gasteiger partial charge >= 0.3 is 12.0 Å². The Hall–Kier alpha value is -2.64. The first kappa shape index (κ1) is 20.4. The molecule has 7 nitrogen and oxygen atoms in total. The van der Waals surface area contributed by atoms with Gasteiger partial charge in [0.05, 0.1) is 0 Å². The first-order valence-electron chi connectivity index (χ1n) is 7.73. The Kier molecular flexibility index (Phi) is 6.90. The molecule has 1 aromatic carbocycles. The highest BCUT2D eigenvalue weighted by Gasteiger charge is 2.25. The van der Waals surface area contributed by atoms with Crippen molar-refractivity contribution in [1.82, 2.24) is 10.6 Å². The van der Waals surface area contributed by atoms with Crippen LogP contribution < -0.4 is 15.4 Å². The number of esters is 1. The van der Waals surface area contributed by atoms with Gasteiger partial charge in [0.25, 0.3) is 5.91 Å². The first-order chi connectivity index (χ1) is 11.5. The summed E-state index contributed by atoms with van der Waals surface area (Å²) in [5.74, 6) is -1.69. The normalized spacial score (nSPS) is 13.4. The number of carbonyl (C=O) groups excluding carboxylic acids is 3. The summed E-state index contributed by atoms with van der Waals surface area (Å²) >= 11 is 0. The van der Waals surface area contributed by atoms with Gasteiger partial charge in [-0.2, -0.15) is 0 Å². The van der Waals surface area contributed by atoms with Crippen LogP contribution >= 0.6 is 0 Å². The Bertz CT molecular complexity index is 625. The molecule has 0 unspecified atom stereocenters. The molecule has 0 saturated carbocycles. The van der Waals surface area contributed by atoms with Crippen LogP contribution in [-0.2, 0) is 14.3 Å². The van der Waals surface area contributed by atoms with Gasteiger partial charge in [0, 0.05) is 5.54 Å². The van der Waals surface area contributed by atoms with Crippen molar-refractivity contribution in [3.63, 3.8) is 0 Å². The van der Waals surface area contributed by atoms with Crippen molar-refractivity contribution < 1.29 is 28.2 Å². The molecule has 0 aliphatic rings. The fourth-order valence-corrected chi connectivity index (χ4v) is 1.67. The van der Waals surface area contributed by atoms with E-state index in [9.17, 15) is 18.8 Å². The third-order valence-electron chi connectivity index (χ3n) is 2.85. The molecule has 138 valence electrons. The Labute approximate surface area is 145 Å². The maximum absolute atomic E-state index is 12.8. The monoisotopic (exact) mass is 354 g/mol. The van der Waals surface area contributed by atoms with E-state index in [1.54, 1.807) is 20.8 Å². The third-order valence-corrected chi connectivity index (χ3v) is 2.85. The lowest BCUT2D eigenvalue weighted by Gasteiger charge is -2.21. The van der Waals surface area contributed by atoms with Crippen LogP contribution in [0, 0.1) is 5.82 Å². The van der Waals surface area contributed by atoms with Gasteiger partial charge in [-0.1, -0.05) is 0 Å². The largest absolute Gasteiger partial charge is 0.479 e. The number of hydrogen-bond acceptors (Lipinski definition) is 5. The summed E-state index contributed by atoms with van der Waals surface area (Å²) < 4.78 is 23.1. The fraction of sp³-hybridized carbons (Fsp3) is 0.471. The summed E-state index contributed by atoms with van der Waals surface area (Å²) in [5, 5.41) is 4.64. The molecule has 2 N–H and O–H groups in total. The highest BCUT2D eigenvalue weighted by molar-refractivity contribution is 5.97. The van der Waals surface area contributed by atoms with Gasteiger partial charge in [0.2, 0.25) is 0 Å². The number of ether oxygens (including phenoxy) is 2. The van der Waals surface area contributed by atoms with E-state index >= 15 is 0 Å². The SMILES string of the molecule is C[C@H](Oc1ccc(F)cc1)C(=O)O[C@H](C)C(=O)NC(=O)NC(C)(C)C. The maximum Gasteiger partial charge on any atom is 0.347 e. The lowest BCUT2D eigenvalue weighted by molar-refractivity contribution is -0.160. The smallest absolute Gasteiger partial charge is 0.347 e. The van der Waals surface area contributed by atoms with E-state index in [0.717, 1.165) is 0 Å². The van der Waals surface area contributed by atoms with Crippen molar-refractivity contribution in [2.24, 2.45) is 0 Å². The molecule has 0 radical (unpaired) electrons. The summed E-state index contributed by atoms with van der Waals surface area (Å²) in [6.07, 6.45) is -2.19. The number of carbonyl (C=O) groups is 3. The quantitative estimate of drug-likeness (QED) is 0.790. The second-order valence-corrected chi connectivity index (χ2v) is 6.49. The minimum absolute atomic E-state index is 0.285. The Morgan fingerprint density at radius 3 is 2.12 bits per heavy atom. The predicted octanol–water partition coefficient (Wildman–Crippen LogP) is 2.15. The number of nitrogens with one attached hydrogen (secondary N) is 2. The highest BCUT2D eigenvalue weighted by atomic mass is 19.1. The molecule has 25 heavy (non-hydrogen) atoms. The predicted molar refractivity (Wildman–Crippen MR) is 88.5 cm³/mol. The molecule has 8 heteroatoms. The number of hydrogen-bond donors (Lipinski definition) is 2. The van der Waals surface area contributed by atoms with E-state index in [-0.39, 0.29) is 5.75 Å². The van der Waals surface area contributed by atoms with E-state index in [4.69, 9.17) is 9.47 Å². The van der Waals surface area contributed by atoms with Gasteiger partial charge in [0.1, 0.15) is 11.6 Å². The zero-order valence-corrected chi connectivity index (χ0v) is 14.9. The van der Waals surface area contributed by atoms with Gasteiger partial charge < -0.3 is 14.8 Å². The summed E-state index contributed by atoms with van der Waals surface area (Å²) in [4.78, 5) is 35.4. The van der Waals surface area contributed by atoms with Crippen molar-refractivity contribution in [2.75, 3.05) is 0 Å². The lowest BCUT2D eigenvalue weighted by Crippen LogP contribution is -2.51. The molecule has 0 aromatic heterocycles. The number of halogens is 1. The van der Waals surface area contributed by atoms with E-state index in [1.807, 2.05) is 0 Å².